The fourth-order valence-corrected chi connectivity index (χ4v) is 2.27. The Bertz CT molecular complexity index is 537. The maximum Gasteiger partial charge on any atom is 0.0894 e. The number of para-hydroxylation sites is 1. The topological polar surface area (TPSA) is 38.9 Å². The van der Waals surface area contributed by atoms with Gasteiger partial charge in [-0.25, -0.2) is 0 Å². The Hall–Kier alpha value is -1.12. The second-order valence-corrected chi connectivity index (χ2v) is 5.01. The van der Waals surface area contributed by atoms with E-state index in [2.05, 4.69) is 24.0 Å². The zero-order valence-corrected chi connectivity index (χ0v) is 11.0. The third-order valence-electron chi connectivity index (χ3n) is 2.97. The number of pyridine rings is 1. The van der Waals surface area contributed by atoms with Crippen LogP contribution >= 0.6 is 11.6 Å². The van der Waals surface area contributed by atoms with Crippen LogP contribution in [0.25, 0.3) is 10.9 Å². The van der Waals surface area contributed by atoms with E-state index in [1.165, 1.54) is 5.56 Å². The minimum absolute atomic E-state index is 0.471. The molecule has 3 heteroatoms. The minimum Gasteiger partial charge on any atom is -0.330 e. The van der Waals surface area contributed by atoms with Crippen LogP contribution < -0.4 is 5.73 Å². The molecule has 1 aromatic heterocycles. The molecule has 1 aromatic carbocycles. The Morgan fingerprint density at radius 3 is 2.88 bits per heavy atom. The van der Waals surface area contributed by atoms with Crippen LogP contribution in [0.4, 0.5) is 0 Å². The summed E-state index contributed by atoms with van der Waals surface area (Å²) in [5.74, 6) is 0.471. The molecule has 1 unspecified atom stereocenters. The van der Waals surface area contributed by atoms with E-state index in [-0.39, 0.29) is 0 Å². The van der Waals surface area contributed by atoms with Gasteiger partial charge in [0.25, 0.3) is 0 Å². The molecular formula is C14H17ClN2. The van der Waals surface area contributed by atoms with E-state index in [1.54, 1.807) is 0 Å². The lowest BCUT2D eigenvalue weighted by Crippen LogP contribution is -2.13. The van der Waals surface area contributed by atoms with Crippen LogP contribution in [-0.4, -0.2) is 11.5 Å². The second kappa shape index (κ2) is 5.03. The average molecular weight is 249 g/mol. The molecule has 0 fully saturated rings. The summed E-state index contributed by atoms with van der Waals surface area (Å²) in [4.78, 5) is 4.51. The first-order chi connectivity index (χ1) is 8.11. The highest BCUT2D eigenvalue weighted by atomic mass is 35.5. The lowest BCUT2D eigenvalue weighted by molar-refractivity contribution is 0.595. The first-order valence-corrected chi connectivity index (χ1v) is 6.24. The van der Waals surface area contributed by atoms with E-state index in [4.69, 9.17) is 17.3 Å². The predicted octanol–water partition coefficient (Wildman–Crippen LogP) is 3.33. The smallest absolute Gasteiger partial charge is 0.0894 e. The molecule has 0 radical (unpaired) electrons. The number of benzene rings is 1. The summed E-state index contributed by atoms with van der Waals surface area (Å²) < 4.78 is 0. The molecule has 90 valence electrons. The van der Waals surface area contributed by atoms with E-state index >= 15 is 0 Å². The lowest BCUT2D eigenvalue weighted by atomic mass is 9.97. The normalized spacial score (nSPS) is 12.9. The molecule has 0 bridgehead atoms. The molecule has 0 aliphatic heterocycles. The van der Waals surface area contributed by atoms with Gasteiger partial charge in [-0.2, -0.15) is 0 Å². The monoisotopic (exact) mass is 248 g/mol. The number of nitrogens with zero attached hydrogens (tertiary/aromatic N) is 1. The molecule has 2 rings (SSSR count). The number of hydrogen-bond donors (Lipinski definition) is 1. The van der Waals surface area contributed by atoms with Gasteiger partial charge in [0.1, 0.15) is 0 Å². The van der Waals surface area contributed by atoms with Crippen molar-refractivity contribution in [1.29, 1.82) is 0 Å². The highest BCUT2D eigenvalue weighted by Crippen LogP contribution is 2.26. The van der Waals surface area contributed by atoms with Crippen LogP contribution in [0.1, 0.15) is 18.2 Å². The largest absolute Gasteiger partial charge is 0.330 e. The van der Waals surface area contributed by atoms with E-state index in [0.717, 1.165) is 23.0 Å². The molecular weight excluding hydrogens is 232 g/mol. The zero-order valence-electron chi connectivity index (χ0n) is 10.2. The number of aryl methyl sites for hydroxylation is 1. The minimum atomic E-state index is 0.471. The van der Waals surface area contributed by atoms with Crippen molar-refractivity contribution in [3.8, 4) is 0 Å². The van der Waals surface area contributed by atoms with Crippen molar-refractivity contribution in [2.45, 2.75) is 20.3 Å². The van der Waals surface area contributed by atoms with Crippen molar-refractivity contribution in [1.82, 2.24) is 4.98 Å². The summed E-state index contributed by atoms with van der Waals surface area (Å²) >= 11 is 6.18. The van der Waals surface area contributed by atoms with Crippen molar-refractivity contribution >= 4 is 22.5 Å². The van der Waals surface area contributed by atoms with Gasteiger partial charge in [0.05, 0.1) is 10.5 Å². The van der Waals surface area contributed by atoms with Gasteiger partial charge in [-0.15, -0.1) is 0 Å². The Kier molecular flexibility index (Phi) is 3.65. The van der Waals surface area contributed by atoms with Crippen LogP contribution in [0.3, 0.4) is 0 Å². The third kappa shape index (κ3) is 2.59. The molecule has 1 atom stereocenters. The maximum absolute atomic E-state index is 6.18. The third-order valence-corrected chi connectivity index (χ3v) is 3.28. The summed E-state index contributed by atoms with van der Waals surface area (Å²) in [6.45, 7) is 4.86. The van der Waals surface area contributed by atoms with Crippen molar-refractivity contribution in [2.24, 2.45) is 11.7 Å². The fourth-order valence-electron chi connectivity index (χ4n) is 2.05. The van der Waals surface area contributed by atoms with Gasteiger partial charge < -0.3 is 5.73 Å². The first-order valence-electron chi connectivity index (χ1n) is 5.86. The van der Waals surface area contributed by atoms with E-state index < -0.39 is 0 Å². The molecule has 17 heavy (non-hydrogen) atoms. The molecule has 0 saturated carbocycles. The quantitative estimate of drug-likeness (QED) is 0.905. The number of rotatable bonds is 3. The van der Waals surface area contributed by atoms with Gasteiger partial charge in [0.2, 0.25) is 0 Å². The number of hydrogen-bond acceptors (Lipinski definition) is 2. The standard InChI is InChI=1S/C14H17ClN2/c1-9(8-16)6-11-7-10(2)17-14-12(11)4-3-5-13(14)15/h3-5,7,9H,6,8,16H2,1-2H3. The highest BCUT2D eigenvalue weighted by molar-refractivity contribution is 6.35. The van der Waals surface area contributed by atoms with Gasteiger partial charge in [-0.3, -0.25) is 4.98 Å². The Morgan fingerprint density at radius 1 is 1.41 bits per heavy atom. The SMILES string of the molecule is Cc1cc(CC(C)CN)c2cccc(Cl)c2n1. The van der Waals surface area contributed by atoms with Crippen molar-refractivity contribution in [2.75, 3.05) is 6.54 Å². The molecule has 0 saturated heterocycles. The van der Waals surface area contributed by atoms with Gasteiger partial charge in [0.15, 0.2) is 0 Å². The zero-order chi connectivity index (χ0) is 12.4. The lowest BCUT2D eigenvalue weighted by Gasteiger charge is -2.12. The van der Waals surface area contributed by atoms with Crippen LogP contribution in [0.15, 0.2) is 24.3 Å². The van der Waals surface area contributed by atoms with Crippen molar-refractivity contribution in [3.63, 3.8) is 0 Å². The van der Waals surface area contributed by atoms with E-state index in [1.807, 2.05) is 19.1 Å². The highest BCUT2D eigenvalue weighted by Gasteiger charge is 2.09. The summed E-state index contributed by atoms with van der Waals surface area (Å²) in [6, 6.07) is 8.06. The molecule has 2 N–H and O–H groups in total. The summed E-state index contributed by atoms with van der Waals surface area (Å²) in [6.07, 6.45) is 0.969. The molecule has 1 heterocycles. The predicted molar refractivity (Wildman–Crippen MR) is 73.4 cm³/mol. The summed E-state index contributed by atoms with van der Waals surface area (Å²) in [5.41, 5.74) is 8.88. The molecule has 0 aliphatic carbocycles. The van der Waals surface area contributed by atoms with Crippen LogP contribution in [-0.2, 0) is 6.42 Å². The van der Waals surface area contributed by atoms with E-state index in [9.17, 15) is 0 Å². The summed E-state index contributed by atoms with van der Waals surface area (Å²) in [7, 11) is 0. The second-order valence-electron chi connectivity index (χ2n) is 4.60. The van der Waals surface area contributed by atoms with Gasteiger partial charge in [-0.1, -0.05) is 30.7 Å². The molecule has 2 nitrogen and oxygen atoms in total. The molecule has 0 spiro atoms. The van der Waals surface area contributed by atoms with Crippen LogP contribution in [0.5, 0.6) is 0 Å². The average Bonchev–Trinajstić information content (AvgIpc) is 2.30. The Balaban J connectivity index is 2.58. The Labute approximate surface area is 107 Å². The van der Waals surface area contributed by atoms with Gasteiger partial charge >= 0.3 is 0 Å². The molecule has 2 aromatic rings. The first kappa shape index (κ1) is 12.3. The number of fused-ring (bicyclic) bond motifs is 1. The van der Waals surface area contributed by atoms with Crippen LogP contribution in [0, 0.1) is 12.8 Å². The van der Waals surface area contributed by atoms with Crippen molar-refractivity contribution in [3.05, 3.63) is 40.5 Å². The number of halogens is 1. The molecule has 0 aliphatic rings. The Morgan fingerprint density at radius 2 is 2.18 bits per heavy atom. The maximum atomic E-state index is 6.18. The van der Waals surface area contributed by atoms with Crippen molar-refractivity contribution < 1.29 is 0 Å². The van der Waals surface area contributed by atoms with Gasteiger partial charge in [-0.05, 0) is 43.5 Å². The molecule has 0 amide bonds. The number of aromatic nitrogens is 1. The fraction of sp³-hybridized carbons (Fsp3) is 0.357. The van der Waals surface area contributed by atoms with Crippen LogP contribution in [0.2, 0.25) is 5.02 Å². The number of nitrogens with two attached hydrogens (primary N) is 1. The summed E-state index contributed by atoms with van der Waals surface area (Å²) in [5, 5.41) is 1.86. The van der Waals surface area contributed by atoms with Gasteiger partial charge in [0, 0.05) is 11.1 Å². The van der Waals surface area contributed by atoms with E-state index in [0.29, 0.717) is 17.5 Å².